The van der Waals surface area contributed by atoms with Gasteiger partial charge in [-0.15, -0.1) is 0 Å². The van der Waals surface area contributed by atoms with Crippen molar-refractivity contribution in [3.8, 4) is 0 Å². The molecule has 1 aromatic carbocycles. The molecule has 90 valence electrons. The lowest BCUT2D eigenvalue weighted by Gasteiger charge is -2.00. The molecule has 0 aliphatic rings. The van der Waals surface area contributed by atoms with Gasteiger partial charge in [-0.1, -0.05) is 12.1 Å². The second-order valence-corrected chi connectivity index (χ2v) is 3.66. The van der Waals surface area contributed by atoms with Crippen LogP contribution >= 0.6 is 12.2 Å². The lowest BCUT2D eigenvalue weighted by molar-refractivity contribution is -0.385. The van der Waals surface area contributed by atoms with E-state index >= 15 is 0 Å². The number of rotatable bonds is 3. The van der Waals surface area contributed by atoms with Gasteiger partial charge in [-0.25, -0.2) is 0 Å². The summed E-state index contributed by atoms with van der Waals surface area (Å²) < 4.78 is 0. The second-order valence-electron chi connectivity index (χ2n) is 3.25. The van der Waals surface area contributed by atoms with Crippen molar-refractivity contribution in [1.29, 1.82) is 0 Å². The zero-order chi connectivity index (χ0) is 12.8. The van der Waals surface area contributed by atoms with Gasteiger partial charge in [0.05, 0.1) is 11.1 Å². The molecule has 1 rings (SSSR count). The molecule has 0 bridgehead atoms. The van der Waals surface area contributed by atoms with Crippen molar-refractivity contribution >= 4 is 29.2 Å². The quantitative estimate of drug-likeness (QED) is 0.367. The molecule has 1 aromatic rings. The van der Waals surface area contributed by atoms with Crippen molar-refractivity contribution in [2.45, 2.75) is 6.92 Å². The molecule has 2 N–H and O–H groups in total. The lowest BCUT2D eigenvalue weighted by atomic mass is 10.1. The maximum Gasteiger partial charge on any atom is 0.272 e. The van der Waals surface area contributed by atoms with E-state index in [0.29, 0.717) is 16.2 Å². The minimum absolute atomic E-state index is 0.0742. The average Bonchev–Trinajstić information content (AvgIpc) is 2.30. The summed E-state index contributed by atoms with van der Waals surface area (Å²) in [5, 5.41) is 17.6. The molecule has 0 radical (unpaired) electrons. The van der Waals surface area contributed by atoms with Crippen LogP contribution in [0.25, 0.3) is 0 Å². The molecule has 0 heterocycles. The highest BCUT2D eigenvalue weighted by atomic mass is 32.1. The van der Waals surface area contributed by atoms with E-state index in [1.807, 2.05) is 0 Å². The number of hydrogen-bond donors (Lipinski definition) is 2. The minimum atomic E-state index is -0.418. The van der Waals surface area contributed by atoms with E-state index in [9.17, 15) is 10.1 Å². The first kappa shape index (κ1) is 13.0. The molecule has 0 aliphatic carbocycles. The molecule has 17 heavy (non-hydrogen) atoms. The fourth-order valence-corrected chi connectivity index (χ4v) is 1.18. The van der Waals surface area contributed by atoms with Gasteiger partial charge in [0, 0.05) is 24.2 Å². The minimum Gasteiger partial charge on any atom is -0.364 e. The first-order chi connectivity index (χ1) is 8.04. The van der Waals surface area contributed by atoms with Gasteiger partial charge in [-0.2, -0.15) is 5.10 Å². The summed E-state index contributed by atoms with van der Waals surface area (Å²) in [6.07, 6.45) is 1.47. The summed E-state index contributed by atoms with van der Waals surface area (Å²) in [4.78, 5) is 10.3. The van der Waals surface area contributed by atoms with Crippen molar-refractivity contribution in [2.75, 3.05) is 7.05 Å². The van der Waals surface area contributed by atoms with Gasteiger partial charge in [-0.05, 0) is 19.1 Å². The van der Waals surface area contributed by atoms with Crippen LogP contribution in [0.5, 0.6) is 0 Å². The molecule has 6 nitrogen and oxygen atoms in total. The predicted molar refractivity (Wildman–Crippen MR) is 70.2 cm³/mol. The van der Waals surface area contributed by atoms with E-state index < -0.39 is 4.92 Å². The lowest BCUT2D eigenvalue weighted by Crippen LogP contribution is -2.28. The molecule has 0 unspecified atom stereocenters. The Morgan fingerprint density at radius 3 is 2.88 bits per heavy atom. The molecule has 0 fully saturated rings. The van der Waals surface area contributed by atoms with Crippen molar-refractivity contribution in [3.63, 3.8) is 0 Å². The smallest absolute Gasteiger partial charge is 0.272 e. The third-order valence-electron chi connectivity index (χ3n) is 2.04. The number of benzene rings is 1. The van der Waals surface area contributed by atoms with E-state index in [1.54, 1.807) is 26.1 Å². The Bertz CT molecular complexity index is 473. The van der Waals surface area contributed by atoms with Crippen LogP contribution in [0, 0.1) is 17.0 Å². The van der Waals surface area contributed by atoms with E-state index in [-0.39, 0.29) is 5.69 Å². The molecule has 0 saturated carbocycles. The molecule has 0 aliphatic heterocycles. The topological polar surface area (TPSA) is 79.6 Å². The number of thiocarbonyl (C=S) groups is 1. The summed E-state index contributed by atoms with van der Waals surface area (Å²) in [6.45, 7) is 1.69. The van der Waals surface area contributed by atoms with E-state index in [4.69, 9.17) is 12.2 Å². The first-order valence-corrected chi connectivity index (χ1v) is 5.21. The highest BCUT2D eigenvalue weighted by Crippen LogP contribution is 2.18. The van der Waals surface area contributed by atoms with Crippen LogP contribution in [-0.2, 0) is 0 Å². The van der Waals surface area contributed by atoms with Crippen LogP contribution < -0.4 is 10.7 Å². The Hall–Kier alpha value is -2.02. The van der Waals surface area contributed by atoms with Gasteiger partial charge in [0.25, 0.3) is 5.69 Å². The van der Waals surface area contributed by atoms with Gasteiger partial charge in [-0.3, -0.25) is 15.5 Å². The number of hydrazone groups is 1. The van der Waals surface area contributed by atoms with Gasteiger partial charge >= 0.3 is 0 Å². The molecular formula is C10H12N4O2S. The Labute approximate surface area is 104 Å². The van der Waals surface area contributed by atoms with Gasteiger partial charge in [0.2, 0.25) is 0 Å². The SMILES string of the molecule is CNC(=S)N/N=C\c1ccc(C)c([N+](=O)[O-])c1. The van der Waals surface area contributed by atoms with Gasteiger partial charge < -0.3 is 5.32 Å². The van der Waals surface area contributed by atoms with Crippen molar-refractivity contribution in [3.05, 3.63) is 39.4 Å². The van der Waals surface area contributed by atoms with Gasteiger partial charge in [0.1, 0.15) is 0 Å². The summed E-state index contributed by atoms with van der Waals surface area (Å²) in [7, 11) is 1.67. The van der Waals surface area contributed by atoms with Crippen LogP contribution in [0.4, 0.5) is 5.69 Å². The summed E-state index contributed by atoms with van der Waals surface area (Å²) in [5.74, 6) is 0. The Morgan fingerprint density at radius 1 is 1.59 bits per heavy atom. The van der Waals surface area contributed by atoms with Crippen LogP contribution in [0.15, 0.2) is 23.3 Å². The third-order valence-corrected chi connectivity index (χ3v) is 2.33. The highest BCUT2D eigenvalue weighted by Gasteiger charge is 2.09. The van der Waals surface area contributed by atoms with Crippen LogP contribution in [0.2, 0.25) is 0 Å². The van der Waals surface area contributed by atoms with Gasteiger partial charge in [0.15, 0.2) is 5.11 Å². The van der Waals surface area contributed by atoms with Crippen LogP contribution in [0.1, 0.15) is 11.1 Å². The number of nitro groups is 1. The largest absolute Gasteiger partial charge is 0.364 e. The average molecular weight is 252 g/mol. The van der Waals surface area contributed by atoms with E-state index in [1.165, 1.54) is 12.3 Å². The molecule has 0 spiro atoms. The molecular weight excluding hydrogens is 240 g/mol. The second kappa shape index (κ2) is 5.90. The maximum atomic E-state index is 10.7. The Kier molecular flexibility index (Phi) is 4.53. The number of hydrogen-bond acceptors (Lipinski definition) is 4. The molecule has 0 saturated heterocycles. The molecule has 7 heteroatoms. The fraction of sp³-hybridized carbons (Fsp3) is 0.200. The third kappa shape index (κ3) is 3.80. The normalized spacial score (nSPS) is 10.2. The summed E-state index contributed by atoms with van der Waals surface area (Å²) >= 11 is 4.81. The predicted octanol–water partition coefficient (Wildman–Crippen LogP) is 1.33. The molecule has 0 atom stereocenters. The van der Waals surface area contributed by atoms with Crippen LogP contribution in [-0.4, -0.2) is 23.3 Å². The van der Waals surface area contributed by atoms with Crippen LogP contribution in [0.3, 0.4) is 0 Å². The molecule has 0 amide bonds. The maximum absolute atomic E-state index is 10.7. The van der Waals surface area contributed by atoms with Crippen molar-refractivity contribution in [2.24, 2.45) is 5.10 Å². The fourth-order valence-electron chi connectivity index (χ4n) is 1.12. The first-order valence-electron chi connectivity index (χ1n) is 4.80. The monoisotopic (exact) mass is 252 g/mol. The zero-order valence-corrected chi connectivity index (χ0v) is 10.2. The van der Waals surface area contributed by atoms with E-state index in [2.05, 4.69) is 15.8 Å². The van der Waals surface area contributed by atoms with E-state index in [0.717, 1.165) is 0 Å². The summed E-state index contributed by atoms with van der Waals surface area (Å²) in [5.41, 5.74) is 3.89. The standard InChI is InChI=1S/C10H12N4O2S/c1-7-3-4-8(5-9(7)14(15)16)6-12-13-10(17)11-2/h3-6H,1-2H3,(H2,11,13,17)/b12-6-. The number of nitrogens with zero attached hydrogens (tertiary/aromatic N) is 2. The number of nitro benzene ring substituents is 1. The van der Waals surface area contributed by atoms with Crippen molar-refractivity contribution < 1.29 is 4.92 Å². The zero-order valence-electron chi connectivity index (χ0n) is 9.43. The Morgan fingerprint density at radius 2 is 2.29 bits per heavy atom. The highest BCUT2D eigenvalue weighted by molar-refractivity contribution is 7.80. The Balaban J connectivity index is 2.82. The van der Waals surface area contributed by atoms with Crippen molar-refractivity contribution in [1.82, 2.24) is 10.7 Å². The summed E-state index contributed by atoms with van der Waals surface area (Å²) in [6, 6.07) is 4.88. The molecule has 0 aromatic heterocycles. The number of aryl methyl sites for hydroxylation is 1. The number of nitrogens with one attached hydrogen (secondary N) is 2.